The maximum absolute atomic E-state index is 12.3. The van der Waals surface area contributed by atoms with Crippen LogP contribution in [0.2, 0.25) is 0 Å². The lowest BCUT2D eigenvalue weighted by Crippen LogP contribution is -2.51. The number of hydrogen-bond donors (Lipinski definition) is 1. The molecule has 3 rings (SSSR count). The summed E-state index contributed by atoms with van der Waals surface area (Å²) < 4.78 is 0. The van der Waals surface area contributed by atoms with Crippen molar-refractivity contribution >= 4 is 5.91 Å². The van der Waals surface area contributed by atoms with E-state index in [4.69, 9.17) is 5.73 Å². The summed E-state index contributed by atoms with van der Waals surface area (Å²) in [5.41, 5.74) is 6.85. The number of likely N-dealkylation sites (N-methyl/N-ethyl adjacent to an activating group) is 1. The first-order valence-corrected chi connectivity index (χ1v) is 7.91. The monoisotopic (exact) mass is 287 g/mol. The summed E-state index contributed by atoms with van der Waals surface area (Å²) in [5, 5.41) is 0. The Morgan fingerprint density at radius 3 is 2.48 bits per heavy atom. The number of rotatable bonds is 4. The molecule has 1 amide bonds. The lowest BCUT2D eigenvalue weighted by atomic mass is 10.0. The molecule has 2 N–H and O–H groups in total. The van der Waals surface area contributed by atoms with Gasteiger partial charge in [-0.25, -0.2) is 0 Å². The molecule has 0 unspecified atom stereocenters. The van der Waals surface area contributed by atoms with Crippen LogP contribution in [0.3, 0.4) is 0 Å². The highest BCUT2D eigenvalue weighted by molar-refractivity contribution is 5.89. The molecule has 0 aromatic heterocycles. The minimum absolute atomic E-state index is 0.143. The number of likely N-dealkylation sites (tertiary alicyclic amines) is 1. The van der Waals surface area contributed by atoms with Crippen LogP contribution in [-0.2, 0) is 11.3 Å². The van der Waals surface area contributed by atoms with Crippen LogP contribution in [0.1, 0.15) is 31.2 Å². The van der Waals surface area contributed by atoms with Gasteiger partial charge in [0.1, 0.15) is 0 Å². The van der Waals surface area contributed by atoms with Crippen LogP contribution in [0, 0.1) is 0 Å². The SMILES string of the molecule is CN(C(=O)C1(N)CC1)C1CCN(Cc2ccccc2)CC1. The third-order valence-electron chi connectivity index (χ3n) is 4.89. The van der Waals surface area contributed by atoms with Crippen molar-refractivity contribution < 1.29 is 4.79 Å². The highest BCUT2D eigenvalue weighted by Crippen LogP contribution is 2.35. The van der Waals surface area contributed by atoms with Gasteiger partial charge in [0.25, 0.3) is 0 Å². The minimum Gasteiger partial charge on any atom is -0.341 e. The van der Waals surface area contributed by atoms with Gasteiger partial charge in [0.2, 0.25) is 5.91 Å². The molecule has 21 heavy (non-hydrogen) atoms. The van der Waals surface area contributed by atoms with Crippen molar-refractivity contribution in [2.24, 2.45) is 5.73 Å². The molecule has 0 radical (unpaired) electrons. The molecule has 0 atom stereocenters. The number of carbonyl (C=O) groups is 1. The zero-order valence-corrected chi connectivity index (χ0v) is 12.8. The van der Waals surface area contributed by atoms with Gasteiger partial charge in [-0.3, -0.25) is 9.69 Å². The maximum Gasteiger partial charge on any atom is 0.242 e. The Hall–Kier alpha value is -1.39. The number of hydrogen-bond acceptors (Lipinski definition) is 3. The molecule has 2 fully saturated rings. The number of nitrogens with two attached hydrogens (primary N) is 1. The molecule has 0 spiro atoms. The van der Waals surface area contributed by atoms with Crippen LogP contribution >= 0.6 is 0 Å². The molecule has 0 bridgehead atoms. The predicted octanol–water partition coefficient (Wildman–Crippen LogP) is 1.60. The van der Waals surface area contributed by atoms with E-state index in [0.29, 0.717) is 6.04 Å². The molecule has 1 aromatic carbocycles. The topological polar surface area (TPSA) is 49.6 Å². The average Bonchev–Trinajstić information content (AvgIpc) is 3.27. The van der Waals surface area contributed by atoms with Gasteiger partial charge in [0.05, 0.1) is 5.54 Å². The second-order valence-corrected chi connectivity index (χ2v) is 6.57. The molecular weight excluding hydrogens is 262 g/mol. The van der Waals surface area contributed by atoms with Crippen LogP contribution < -0.4 is 5.73 Å². The van der Waals surface area contributed by atoms with Gasteiger partial charge in [0.15, 0.2) is 0 Å². The zero-order valence-electron chi connectivity index (χ0n) is 12.8. The highest BCUT2D eigenvalue weighted by atomic mass is 16.2. The largest absolute Gasteiger partial charge is 0.341 e. The van der Waals surface area contributed by atoms with E-state index in [9.17, 15) is 4.79 Å². The second-order valence-electron chi connectivity index (χ2n) is 6.57. The Morgan fingerprint density at radius 2 is 1.90 bits per heavy atom. The summed E-state index contributed by atoms with van der Waals surface area (Å²) in [4.78, 5) is 16.7. The summed E-state index contributed by atoms with van der Waals surface area (Å²) in [6, 6.07) is 10.9. The van der Waals surface area contributed by atoms with Gasteiger partial charge < -0.3 is 10.6 Å². The quantitative estimate of drug-likeness (QED) is 0.915. The van der Waals surface area contributed by atoms with E-state index in [1.807, 2.05) is 11.9 Å². The summed E-state index contributed by atoms with van der Waals surface area (Å²) >= 11 is 0. The van der Waals surface area contributed by atoms with E-state index in [1.54, 1.807) is 0 Å². The molecule has 1 aliphatic heterocycles. The molecule has 4 nitrogen and oxygen atoms in total. The fourth-order valence-corrected chi connectivity index (χ4v) is 3.17. The molecule has 1 heterocycles. The van der Waals surface area contributed by atoms with E-state index >= 15 is 0 Å². The van der Waals surface area contributed by atoms with Gasteiger partial charge in [-0.15, -0.1) is 0 Å². The Morgan fingerprint density at radius 1 is 1.29 bits per heavy atom. The van der Waals surface area contributed by atoms with Gasteiger partial charge in [-0.2, -0.15) is 0 Å². The van der Waals surface area contributed by atoms with Gasteiger partial charge in [-0.1, -0.05) is 30.3 Å². The van der Waals surface area contributed by atoms with Crippen LogP contribution in [-0.4, -0.2) is 47.4 Å². The zero-order chi connectivity index (χ0) is 14.9. The van der Waals surface area contributed by atoms with E-state index in [-0.39, 0.29) is 5.91 Å². The lowest BCUT2D eigenvalue weighted by Gasteiger charge is -2.37. The first-order valence-electron chi connectivity index (χ1n) is 7.91. The molecule has 4 heteroatoms. The first-order chi connectivity index (χ1) is 10.1. The summed E-state index contributed by atoms with van der Waals surface area (Å²) in [5.74, 6) is 0.143. The van der Waals surface area contributed by atoms with Crippen LogP contribution in [0.25, 0.3) is 0 Å². The van der Waals surface area contributed by atoms with Crippen LogP contribution in [0.15, 0.2) is 30.3 Å². The van der Waals surface area contributed by atoms with E-state index in [1.165, 1.54) is 5.56 Å². The number of carbonyl (C=O) groups excluding carboxylic acids is 1. The third kappa shape index (κ3) is 3.27. The van der Waals surface area contributed by atoms with Gasteiger partial charge >= 0.3 is 0 Å². The molecular formula is C17H25N3O. The van der Waals surface area contributed by atoms with E-state index in [2.05, 4.69) is 35.2 Å². The Kier molecular flexibility index (Phi) is 4.00. The van der Waals surface area contributed by atoms with E-state index < -0.39 is 5.54 Å². The minimum atomic E-state index is -0.532. The Labute approximate surface area is 126 Å². The number of nitrogens with zero attached hydrogens (tertiary/aromatic N) is 2. The Bertz CT molecular complexity index is 490. The number of benzene rings is 1. The summed E-state index contributed by atoms with van der Waals surface area (Å²) in [6.07, 6.45) is 3.79. The van der Waals surface area contributed by atoms with Crippen molar-refractivity contribution in [3.8, 4) is 0 Å². The maximum atomic E-state index is 12.3. The molecule has 1 saturated carbocycles. The fourth-order valence-electron chi connectivity index (χ4n) is 3.17. The van der Waals surface area contributed by atoms with Crippen LogP contribution in [0.4, 0.5) is 0 Å². The van der Waals surface area contributed by atoms with Crippen molar-refractivity contribution in [2.45, 2.75) is 43.8 Å². The molecule has 1 aromatic rings. The molecule has 1 aliphatic carbocycles. The third-order valence-corrected chi connectivity index (χ3v) is 4.89. The number of piperidine rings is 1. The van der Waals surface area contributed by atoms with Crippen LogP contribution in [0.5, 0.6) is 0 Å². The molecule has 2 aliphatic rings. The smallest absolute Gasteiger partial charge is 0.242 e. The predicted molar refractivity (Wildman–Crippen MR) is 83.7 cm³/mol. The van der Waals surface area contributed by atoms with Crippen molar-refractivity contribution in [1.82, 2.24) is 9.80 Å². The normalized spacial score (nSPS) is 22.0. The van der Waals surface area contributed by atoms with Crippen molar-refractivity contribution in [3.63, 3.8) is 0 Å². The molecule has 1 saturated heterocycles. The average molecular weight is 287 g/mol. The summed E-state index contributed by atoms with van der Waals surface area (Å²) in [6.45, 7) is 3.11. The standard InChI is InChI=1S/C17H25N3O/c1-19(16(21)17(18)9-10-17)15-7-11-20(12-8-15)13-14-5-3-2-4-6-14/h2-6,15H,7-13,18H2,1H3. The Balaban J connectivity index is 1.50. The van der Waals surface area contributed by atoms with Gasteiger partial charge in [-0.05, 0) is 31.2 Å². The van der Waals surface area contributed by atoms with Crippen molar-refractivity contribution in [1.29, 1.82) is 0 Å². The van der Waals surface area contributed by atoms with Crippen molar-refractivity contribution in [2.75, 3.05) is 20.1 Å². The number of amides is 1. The second kappa shape index (κ2) is 5.78. The molecule has 114 valence electrons. The lowest BCUT2D eigenvalue weighted by molar-refractivity contribution is -0.135. The van der Waals surface area contributed by atoms with E-state index in [0.717, 1.165) is 45.3 Å². The van der Waals surface area contributed by atoms with Gasteiger partial charge in [0, 0.05) is 32.7 Å². The van der Waals surface area contributed by atoms with Crippen molar-refractivity contribution in [3.05, 3.63) is 35.9 Å². The first kappa shape index (κ1) is 14.5. The highest BCUT2D eigenvalue weighted by Gasteiger charge is 2.48. The fraction of sp³-hybridized carbons (Fsp3) is 0.588. The summed E-state index contributed by atoms with van der Waals surface area (Å²) in [7, 11) is 1.92.